The lowest BCUT2D eigenvalue weighted by Gasteiger charge is -2.09. The van der Waals surface area contributed by atoms with E-state index in [9.17, 15) is 0 Å². The molecule has 0 atom stereocenters. The number of aryl methyl sites for hydroxylation is 2. The Kier molecular flexibility index (Phi) is 3.28. The number of hydrogen-bond acceptors (Lipinski definition) is 3. The highest BCUT2D eigenvalue weighted by Gasteiger charge is 2.01. The highest BCUT2D eigenvalue weighted by molar-refractivity contribution is 5.59. The van der Waals surface area contributed by atoms with Crippen molar-refractivity contribution in [1.82, 2.24) is 4.98 Å². The van der Waals surface area contributed by atoms with E-state index in [1.807, 2.05) is 50.4 Å². The van der Waals surface area contributed by atoms with Gasteiger partial charge in [0, 0.05) is 18.0 Å². The summed E-state index contributed by atoms with van der Waals surface area (Å²) in [7, 11) is 1.68. The Morgan fingerprint density at radius 2 is 1.94 bits per heavy atom. The van der Waals surface area contributed by atoms with Gasteiger partial charge in [-0.25, -0.2) is 4.98 Å². The van der Waals surface area contributed by atoms with Gasteiger partial charge >= 0.3 is 0 Å². The molecule has 0 unspecified atom stereocenters. The van der Waals surface area contributed by atoms with Gasteiger partial charge < -0.3 is 10.1 Å². The Labute approximate surface area is 101 Å². The maximum Gasteiger partial charge on any atom is 0.130 e. The Morgan fingerprint density at radius 3 is 2.59 bits per heavy atom. The van der Waals surface area contributed by atoms with Crippen molar-refractivity contribution < 1.29 is 4.74 Å². The molecule has 0 bridgehead atoms. The first-order valence-electron chi connectivity index (χ1n) is 5.53. The van der Waals surface area contributed by atoms with Crippen LogP contribution in [0.4, 0.5) is 11.5 Å². The summed E-state index contributed by atoms with van der Waals surface area (Å²) in [4.78, 5) is 4.30. The average molecular weight is 228 g/mol. The molecule has 1 heterocycles. The van der Waals surface area contributed by atoms with Gasteiger partial charge in [-0.1, -0.05) is 12.1 Å². The van der Waals surface area contributed by atoms with E-state index in [1.165, 1.54) is 0 Å². The van der Waals surface area contributed by atoms with E-state index >= 15 is 0 Å². The number of pyridine rings is 1. The third kappa shape index (κ3) is 2.75. The quantitative estimate of drug-likeness (QED) is 0.873. The molecule has 0 fully saturated rings. The van der Waals surface area contributed by atoms with E-state index in [4.69, 9.17) is 4.74 Å². The largest absolute Gasteiger partial charge is 0.496 e. The lowest BCUT2D eigenvalue weighted by atomic mass is 10.2. The number of hydrogen-bond donors (Lipinski definition) is 1. The van der Waals surface area contributed by atoms with Crippen LogP contribution >= 0.6 is 0 Å². The number of ether oxygens (including phenoxy) is 1. The van der Waals surface area contributed by atoms with Crippen LogP contribution in [0, 0.1) is 13.8 Å². The molecule has 0 saturated carbocycles. The highest BCUT2D eigenvalue weighted by Crippen LogP contribution is 2.24. The molecule has 2 rings (SSSR count). The van der Waals surface area contributed by atoms with Gasteiger partial charge in [-0.15, -0.1) is 0 Å². The zero-order chi connectivity index (χ0) is 12.3. The molecular weight excluding hydrogens is 212 g/mol. The molecule has 3 heteroatoms. The van der Waals surface area contributed by atoms with Crippen molar-refractivity contribution in [3.8, 4) is 5.75 Å². The van der Waals surface area contributed by atoms with Crippen molar-refractivity contribution in [3.63, 3.8) is 0 Å². The second-order valence-electron chi connectivity index (χ2n) is 4.03. The number of nitrogens with zero attached hydrogens (tertiary/aromatic N) is 1. The lowest BCUT2D eigenvalue weighted by molar-refractivity contribution is 0.412. The van der Waals surface area contributed by atoms with E-state index in [-0.39, 0.29) is 0 Å². The Bertz CT molecular complexity index is 506. The summed E-state index contributed by atoms with van der Waals surface area (Å²) in [6.45, 7) is 4.04. The second-order valence-corrected chi connectivity index (χ2v) is 4.03. The number of benzene rings is 1. The van der Waals surface area contributed by atoms with Crippen LogP contribution in [0.15, 0.2) is 36.5 Å². The van der Waals surface area contributed by atoms with Crippen molar-refractivity contribution in [2.75, 3.05) is 12.4 Å². The molecule has 3 nitrogen and oxygen atoms in total. The van der Waals surface area contributed by atoms with Crippen molar-refractivity contribution >= 4 is 11.5 Å². The SMILES string of the molecule is COc1cc(Nc2ccc(C)cn2)ccc1C. The number of methoxy groups -OCH3 is 1. The van der Waals surface area contributed by atoms with Crippen LogP contribution in [-0.4, -0.2) is 12.1 Å². The fraction of sp³-hybridized carbons (Fsp3) is 0.214. The minimum atomic E-state index is 0.835. The summed E-state index contributed by atoms with van der Waals surface area (Å²) >= 11 is 0. The first-order valence-corrected chi connectivity index (χ1v) is 5.53. The Balaban J connectivity index is 2.21. The fourth-order valence-electron chi connectivity index (χ4n) is 1.59. The van der Waals surface area contributed by atoms with Crippen LogP contribution in [0.1, 0.15) is 11.1 Å². The van der Waals surface area contributed by atoms with E-state index in [0.717, 1.165) is 28.4 Å². The van der Waals surface area contributed by atoms with Crippen molar-refractivity contribution in [2.24, 2.45) is 0 Å². The maximum absolute atomic E-state index is 5.28. The molecule has 0 radical (unpaired) electrons. The zero-order valence-electron chi connectivity index (χ0n) is 10.3. The van der Waals surface area contributed by atoms with Crippen LogP contribution in [0.3, 0.4) is 0 Å². The summed E-state index contributed by atoms with van der Waals surface area (Å²) < 4.78 is 5.28. The van der Waals surface area contributed by atoms with Gasteiger partial charge in [-0.3, -0.25) is 0 Å². The highest BCUT2D eigenvalue weighted by atomic mass is 16.5. The molecule has 0 aliphatic rings. The summed E-state index contributed by atoms with van der Waals surface area (Å²) in [6, 6.07) is 9.99. The summed E-state index contributed by atoms with van der Waals surface area (Å²) in [5.41, 5.74) is 3.25. The standard InChI is InChI=1S/C14H16N2O/c1-10-4-7-14(15-9-10)16-12-6-5-11(2)13(8-12)17-3/h4-9H,1-3H3,(H,15,16). The Morgan fingerprint density at radius 1 is 1.12 bits per heavy atom. The number of rotatable bonds is 3. The van der Waals surface area contributed by atoms with Crippen LogP contribution in [0.5, 0.6) is 5.75 Å². The van der Waals surface area contributed by atoms with Gasteiger partial charge in [0.15, 0.2) is 0 Å². The molecule has 2 aromatic rings. The number of anilines is 2. The molecule has 88 valence electrons. The van der Waals surface area contributed by atoms with E-state index in [1.54, 1.807) is 7.11 Å². The first kappa shape index (κ1) is 11.5. The van der Waals surface area contributed by atoms with E-state index in [2.05, 4.69) is 10.3 Å². The van der Waals surface area contributed by atoms with Crippen LogP contribution in [-0.2, 0) is 0 Å². The monoisotopic (exact) mass is 228 g/mol. The van der Waals surface area contributed by atoms with Gasteiger partial charge in [0.2, 0.25) is 0 Å². The predicted octanol–water partition coefficient (Wildman–Crippen LogP) is 3.45. The molecule has 0 saturated heterocycles. The van der Waals surface area contributed by atoms with Gasteiger partial charge in [-0.05, 0) is 37.1 Å². The molecule has 1 N–H and O–H groups in total. The van der Waals surface area contributed by atoms with E-state index < -0.39 is 0 Å². The predicted molar refractivity (Wildman–Crippen MR) is 70.0 cm³/mol. The smallest absolute Gasteiger partial charge is 0.130 e. The third-order valence-electron chi connectivity index (χ3n) is 2.59. The lowest BCUT2D eigenvalue weighted by Crippen LogP contribution is -1.95. The van der Waals surface area contributed by atoms with Crippen LogP contribution in [0.2, 0.25) is 0 Å². The van der Waals surface area contributed by atoms with Gasteiger partial charge in [-0.2, -0.15) is 0 Å². The molecule has 0 spiro atoms. The van der Waals surface area contributed by atoms with E-state index in [0.29, 0.717) is 0 Å². The first-order chi connectivity index (χ1) is 8.19. The van der Waals surface area contributed by atoms with Gasteiger partial charge in [0.05, 0.1) is 7.11 Å². The molecule has 1 aromatic heterocycles. The third-order valence-corrected chi connectivity index (χ3v) is 2.59. The molecule has 0 aliphatic carbocycles. The molecule has 1 aromatic carbocycles. The van der Waals surface area contributed by atoms with Gasteiger partial charge in [0.1, 0.15) is 11.6 Å². The molecular formula is C14H16N2O. The van der Waals surface area contributed by atoms with Crippen LogP contribution in [0.25, 0.3) is 0 Å². The van der Waals surface area contributed by atoms with Crippen molar-refractivity contribution in [3.05, 3.63) is 47.7 Å². The van der Waals surface area contributed by atoms with Gasteiger partial charge in [0.25, 0.3) is 0 Å². The van der Waals surface area contributed by atoms with Crippen LogP contribution < -0.4 is 10.1 Å². The minimum Gasteiger partial charge on any atom is -0.496 e. The topological polar surface area (TPSA) is 34.1 Å². The second kappa shape index (κ2) is 4.87. The maximum atomic E-state index is 5.28. The molecule has 17 heavy (non-hydrogen) atoms. The normalized spacial score (nSPS) is 10.1. The summed E-state index contributed by atoms with van der Waals surface area (Å²) in [5.74, 6) is 1.71. The summed E-state index contributed by atoms with van der Waals surface area (Å²) in [6.07, 6.45) is 1.84. The zero-order valence-corrected chi connectivity index (χ0v) is 10.3. The number of aromatic nitrogens is 1. The van der Waals surface area contributed by atoms with Crippen molar-refractivity contribution in [1.29, 1.82) is 0 Å². The fourth-order valence-corrected chi connectivity index (χ4v) is 1.59. The minimum absolute atomic E-state index is 0.835. The average Bonchev–Trinajstić information content (AvgIpc) is 2.34. The summed E-state index contributed by atoms with van der Waals surface area (Å²) in [5, 5.41) is 3.24. The number of nitrogens with one attached hydrogen (secondary N) is 1. The van der Waals surface area contributed by atoms with Crippen molar-refractivity contribution in [2.45, 2.75) is 13.8 Å². The Hall–Kier alpha value is -2.03. The molecule has 0 aliphatic heterocycles. The molecule has 0 amide bonds.